The number of nitrogens with one attached hydrogen (secondary N) is 2. The topological polar surface area (TPSA) is 108 Å². The normalized spacial score (nSPS) is 27.1. The van der Waals surface area contributed by atoms with Crippen molar-refractivity contribution in [3.63, 3.8) is 0 Å². The van der Waals surface area contributed by atoms with Gasteiger partial charge in [0, 0.05) is 19.5 Å². The Hall–Kier alpha value is -3.69. The van der Waals surface area contributed by atoms with E-state index in [0.717, 1.165) is 24.0 Å². The van der Waals surface area contributed by atoms with Gasteiger partial charge in [-0.25, -0.2) is 14.0 Å². The number of benzene rings is 1. The van der Waals surface area contributed by atoms with Crippen molar-refractivity contribution >= 4 is 23.8 Å². The van der Waals surface area contributed by atoms with Crippen LogP contribution < -0.4 is 10.6 Å². The number of nitrogens with zero attached hydrogens (tertiary/aromatic N) is 2. The minimum absolute atomic E-state index is 0.122. The molecule has 2 aliphatic heterocycles. The number of aryl methyl sites for hydroxylation is 1. The van der Waals surface area contributed by atoms with Crippen molar-refractivity contribution in [2.24, 2.45) is 5.92 Å². The first-order valence-electron chi connectivity index (χ1n) is 12.2. The van der Waals surface area contributed by atoms with Crippen molar-refractivity contribution in [3.8, 4) is 0 Å². The Morgan fingerprint density at radius 2 is 2.03 bits per heavy atom. The van der Waals surface area contributed by atoms with Crippen molar-refractivity contribution in [1.29, 1.82) is 0 Å². The molecular weight excluding hydrogens is 467 g/mol. The summed E-state index contributed by atoms with van der Waals surface area (Å²) in [6, 6.07) is 3.97. The van der Waals surface area contributed by atoms with Crippen LogP contribution in [-0.2, 0) is 14.3 Å². The van der Waals surface area contributed by atoms with Crippen LogP contribution in [0.5, 0.6) is 0 Å². The van der Waals surface area contributed by atoms with E-state index >= 15 is 0 Å². The summed E-state index contributed by atoms with van der Waals surface area (Å²) in [5.41, 5.74) is 1.67. The fourth-order valence-electron chi connectivity index (χ4n) is 5.96. The average Bonchev–Trinajstić information content (AvgIpc) is 3.54. The quantitative estimate of drug-likeness (QED) is 0.667. The highest BCUT2D eigenvalue weighted by Gasteiger charge is 2.56. The van der Waals surface area contributed by atoms with E-state index in [9.17, 15) is 23.6 Å². The zero-order valence-electron chi connectivity index (χ0n) is 20.3. The monoisotopic (exact) mass is 496 g/mol. The van der Waals surface area contributed by atoms with Crippen molar-refractivity contribution in [2.75, 3.05) is 26.7 Å². The molecule has 4 amide bonds. The summed E-state index contributed by atoms with van der Waals surface area (Å²) < 4.78 is 19.4. The standard InChI is InChI=1S/C26H29FN4O5/c1-15-12-16(27)5-6-17(15)21-4-3-11-31(21)22(32)13-30-14-26(36-25(30)35)10-9-18-19(26)7-8-20(23(18)33)29-24(34)28-2/h5-8,12,18,21H,3-4,9-11,13-14H2,1-2H3,(H2,28,29,34)/t18?,21?,26-/m0/s1. The third-order valence-electron chi connectivity index (χ3n) is 7.70. The summed E-state index contributed by atoms with van der Waals surface area (Å²) in [4.78, 5) is 53.9. The number of amides is 4. The Bertz CT molecular complexity index is 1210. The highest BCUT2D eigenvalue weighted by atomic mass is 19.1. The van der Waals surface area contributed by atoms with Gasteiger partial charge in [0.15, 0.2) is 11.4 Å². The number of urea groups is 1. The van der Waals surface area contributed by atoms with E-state index in [2.05, 4.69) is 10.6 Å². The average molecular weight is 497 g/mol. The van der Waals surface area contributed by atoms with E-state index in [4.69, 9.17) is 4.74 Å². The van der Waals surface area contributed by atoms with Crippen LogP contribution in [0.15, 0.2) is 41.6 Å². The minimum atomic E-state index is -0.954. The van der Waals surface area contributed by atoms with Crippen molar-refractivity contribution in [3.05, 3.63) is 58.6 Å². The number of likely N-dealkylation sites (tertiary alicyclic amines) is 1. The number of ketones is 1. The number of ether oxygens (including phenoxy) is 1. The molecule has 0 aromatic heterocycles. The van der Waals surface area contributed by atoms with Gasteiger partial charge in [0.2, 0.25) is 5.91 Å². The molecule has 2 N–H and O–H groups in total. The first kappa shape index (κ1) is 24.0. The fraction of sp³-hybridized carbons (Fsp3) is 0.462. The van der Waals surface area contributed by atoms with Crippen molar-refractivity contribution < 1.29 is 28.3 Å². The molecule has 36 heavy (non-hydrogen) atoms. The lowest BCUT2D eigenvalue weighted by Gasteiger charge is -2.29. The van der Waals surface area contributed by atoms with Gasteiger partial charge in [-0.2, -0.15) is 0 Å². The second-order valence-corrected chi connectivity index (χ2v) is 9.83. The van der Waals surface area contributed by atoms with Gasteiger partial charge in [-0.15, -0.1) is 0 Å². The highest BCUT2D eigenvalue weighted by Crippen LogP contribution is 2.48. The highest BCUT2D eigenvalue weighted by molar-refractivity contribution is 6.03. The molecule has 2 heterocycles. The van der Waals surface area contributed by atoms with Crippen LogP contribution in [0.2, 0.25) is 0 Å². The van der Waals surface area contributed by atoms with Crippen LogP contribution in [0.1, 0.15) is 42.9 Å². The molecule has 10 heteroatoms. The number of hydrogen-bond donors (Lipinski definition) is 2. The van der Waals surface area contributed by atoms with Gasteiger partial charge in [0.25, 0.3) is 0 Å². The first-order chi connectivity index (χ1) is 17.2. The largest absolute Gasteiger partial charge is 0.436 e. The van der Waals surface area contributed by atoms with Crippen LogP contribution >= 0.6 is 0 Å². The maximum Gasteiger partial charge on any atom is 0.411 e. The zero-order chi connectivity index (χ0) is 25.6. The molecule has 2 saturated heterocycles. The van der Waals surface area contributed by atoms with E-state index in [1.165, 1.54) is 30.2 Å². The Morgan fingerprint density at radius 3 is 2.78 bits per heavy atom. The zero-order valence-corrected chi connectivity index (χ0v) is 20.3. The van der Waals surface area contributed by atoms with E-state index in [1.807, 2.05) is 6.92 Å². The lowest BCUT2D eigenvalue weighted by atomic mass is 9.85. The number of hydrogen-bond acceptors (Lipinski definition) is 5. The van der Waals surface area contributed by atoms with Crippen LogP contribution in [0.25, 0.3) is 0 Å². The van der Waals surface area contributed by atoms with Crippen LogP contribution in [0, 0.1) is 18.7 Å². The van der Waals surface area contributed by atoms with E-state index < -0.39 is 23.6 Å². The minimum Gasteiger partial charge on any atom is -0.436 e. The van der Waals surface area contributed by atoms with Gasteiger partial charge in [-0.05, 0) is 67.5 Å². The summed E-state index contributed by atoms with van der Waals surface area (Å²) in [5.74, 6) is -1.19. The molecule has 4 aliphatic rings. The number of allylic oxidation sites excluding steroid dienone is 3. The molecular formula is C26H29FN4O5. The third kappa shape index (κ3) is 4.04. The third-order valence-corrected chi connectivity index (χ3v) is 7.70. The summed E-state index contributed by atoms with van der Waals surface area (Å²) >= 11 is 0. The molecule has 1 saturated carbocycles. The van der Waals surface area contributed by atoms with E-state index in [1.54, 1.807) is 17.0 Å². The predicted octanol–water partition coefficient (Wildman–Crippen LogP) is 2.72. The van der Waals surface area contributed by atoms with Crippen molar-refractivity contribution in [1.82, 2.24) is 20.4 Å². The van der Waals surface area contributed by atoms with Crippen LogP contribution in [0.4, 0.5) is 14.0 Å². The molecule has 0 bridgehead atoms. The summed E-state index contributed by atoms with van der Waals surface area (Å²) in [6.07, 6.45) is 5.27. The van der Waals surface area contributed by atoms with Crippen LogP contribution in [0.3, 0.4) is 0 Å². The van der Waals surface area contributed by atoms with Gasteiger partial charge < -0.3 is 20.3 Å². The Kier molecular flexibility index (Phi) is 6.05. The van der Waals surface area contributed by atoms with Gasteiger partial charge in [0.1, 0.15) is 12.4 Å². The predicted molar refractivity (Wildman–Crippen MR) is 127 cm³/mol. The Labute approximate surface area is 208 Å². The summed E-state index contributed by atoms with van der Waals surface area (Å²) in [6.45, 7) is 2.47. The van der Waals surface area contributed by atoms with Gasteiger partial charge >= 0.3 is 12.1 Å². The van der Waals surface area contributed by atoms with Gasteiger partial charge in [-0.1, -0.05) is 12.1 Å². The molecule has 1 aromatic rings. The number of Topliss-reactive ketones (excluding diaryl/α,β-unsaturated/α-hetero) is 1. The molecule has 2 aliphatic carbocycles. The number of fused-ring (bicyclic) bond motifs is 2. The Balaban J connectivity index is 1.30. The Morgan fingerprint density at radius 1 is 1.22 bits per heavy atom. The molecule has 3 atom stereocenters. The molecule has 2 unspecified atom stereocenters. The van der Waals surface area contributed by atoms with E-state index in [-0.39, 0.29) is 42.3 Å². The summed E-state index contributed by atoms with van der Waals surface area (Å²) in [5, 5.41) is 4.96. The smallest absolute Gasteiger partial charge is 0.411 e. The second-order valence-electron chi connectivity index (χ2n) is 9.83. The number of carbonyl (C=O) groups excluding carboxylic acids is 4. The van der Waals surface area contributed by atoms with Crippen LogP contribution in [-0.4, -0.2) is 65.9 Å². The molecule has 9 nitrogen and oxygen atoms in total. The number of rotatable bonds is 4. The summed E-state index contributed by atoms with van der Waals surface area (Å²) in [7, 11) is 1.47. The van der Waals surface area contributed by atoms with E-state index in [0.29, 0.717) is 25.0 Å². The SMILES string of the molecule is CNC(=O)NC1=CC=C2C(CC[C@]23CN(CC(=O)N2CCCC2c2ccc(F)cc2C)C(=O)O3)C1=O. The molecule has 190 valence electrons. The maximum absolute atomic E-state index is 13.6. The fourth-order valence-corrected chi connectivity index (χ4v) is 5.96. The van der Waals surface area contributed by atoms with Gasteiger partial charge in [0.05, 0.1) is 18.3 Å². The number of halogens is 1. The molecule has 1 spiro atoms. The molecule has 0 radical (unpaired) electrons. The first-order valence-corrected chi connectivity index (χ1v) is 12.2. The molecule has 1 aromatic carbocycles. The second kappa shape index (κ2) is 9.07. The molecule has 5 rings (SSSR count). The lowest BCUT2D eigenvalue weighted by molar-refractivity contribution is -0.132. The van der Waals surface area contributed by atoms with Gasteiger partial charge in [-0.3, -0.25) is 14.5 Å². The lowest BCUT2D eigenvalue weighted by Crippen LogP contribution is -2.42. The maximum atomic E-state index is 13.6. The number of carbonyl (C=O) groups is 4. The molecule has 3 fully saturated rings. The van der Waals surface area contributed by atoms with Crippen molar-refractivity contribution in [2.45, 2.75) is 44.2 Å².